The molecule has 35 heavy (non-hydrogen) atoms. The molecule has 0 atom stereocenters. The predicted octanol–water partition coefficient (Wildman–Crippen LogP) is 8.92. The first-order chi connectivity index (χ1) is 17.4. The molecule has 3 saturated carbocycles. The second-order valence-corrected chi connectivity index (χ2v) is 11.8. The highest BCUT2D eigenvalue weighted by molar-refractivity contribution is 5.36. The molecule has 4 rings (SSSR count). The second kappa shape index (κ2) is 15.7. The number of nitrogens with one attached hydrogen (secondary N) is 2. The van der Waals surface area contributed by atoms with Gasteiger partial charge < -0.3 is 10.6 Å². The molecular formula is C30H53N5. The molecule has 0 spiro atoms. The Morgan fingerprint density at radius 1 is 0.371 bits per heavy atom. The Labute approximate surface area is 215 Å². The third-order valence-corrected chi connectivity index (χ3v) is 8.75. The zero-order valence-electron chi connectivity index (χ0n) is 22.5. The molecule has 0 saturated heterocycles. The van der Waals surface area contributed by atoms with Crippen LogP contribution in [0.4, 0.5) is 11.9 Å². The van der Waals surface area contributed by atoms with Gasteiger partial charge in [-0.1, -0.05) is 116 Å². The van der Waals surface area contributed by atoms with E-state index >= 15 is 0 Å². The second-order valence-electron chi connectivity index (χ2n) is 11.8. The summed E-state index contributed by atoms with van der Waals surface area (Å²) in [7, 11) is 0. The van der Waals surface area contributed by atoms with E-state index in [1.807, 2.05) is 0 Å². The minimum atomic E-state index is 0.485. The van der Waals surface area contributed by atoms with Crippen molar-refractivity contribution in [2.75, 3.05) is 10.6 Å². The number of nitrogens with zero attached hydrogens (tertiary/aromatic N) is 3. The zero-order chi connectivity index (χ0) is 24.0. The molecule has 0 amide bonds. The molecule has 0 aromatic carbocycles. The number of aromatic nitrogens is 3. The standard InChI is InChI=1S/C30H53N5/c1-2-8-14-20-25(19-13-7-1)28-33-29(31-26-21-15-9-3-4-10-16-22-26)35-30(34-28)32-27-23-17-11-5-6-12-18-24-27/h25-27H,1-24H2,(H2,31,32,33,34,35). The quantitative estimate of drug-likeness (QED) is 0.437. The molecule has 0 aliphatic heterocycles. The monoisotopic (exact) mass is 483 g/mol. The van der Waals surface area contributed by atoms with Crippen LogP contribution in [0, 0.1) is 0 Å². The lowest BCUT2D eigenvalue weighted by Gasteiger charge is -2.22. The van der Waals surface area contributed by atoms with Crippen molar-refractivity contribution in [3.8, 4) is 0 Å². The van der Waals surface area contributed by atoms with Crippen molar-refractivity contribution in [1.29, 1.82) is 0 Å². The lowest BCUT2D eigenvalue weighted by molar-refractivity contribution is 0.510. The number of rotatable bonds is 5. The summed E-state index contributed by atoms with van der Waals surface area (Å²) in [4.78, 5) is 15.2. The first-order valence-electron chi connectivity index (χ1n) is 15.7. The largest absolute Gasteiger partial charge is 0.351 e. The predicted molar refractivity (Wildman–Crippen MR) is 148 cm³/mol. The van der Waals surface area contributed by atoms with Crippen LogP contribution in [0.3, 0.4) is 0 Å². The van der Waals surface area contributed by atoms with Crippen LogP contribution in [0.2, 0.25) is 0 Å². The fraction of sp³-hybridized carbons (Fsp3) is 0.900. The molecule has 5 heteroatoms. The molecule has 198 valence electrons. The van der Waals surface area contributed by atoms with Gasteiger partial charge in [0, 0.05) is 18.0 Å². The fourth-order valence-electron chi connectivity index (χ4n) is 6.51. The van der Waals surface area contributed by atoms with Gasteiger partial charge in [-0.3, -0.25) is 0 Å². The van der Waals surface area contributed by atoms with Crippen molar-refractivity contribution in [3.63, 3.8) is 0 Å². The van der Waals surface area contributed by atoms with E-state index in [9.17, 15) is 0 Å². The summed E-state index contributed by atoms with van der Waals surface area (Å²) >= 11 is 0. The molecule has 0 bridgehead atoms. The van der Waals surface area contributed by atoms with E-state index < -0.39 is 0 Å². The van der Waals surface area contributed by atoms with Crippen LogP contribution < -0.4 is 10.6 Å². The van der Waals surface area contributed by atoms with E-state index in [1.54, 1.807) is 0 Å². The van der Waals surface area contributed by atoms with E-state index in [2.05, 4.69) is 10.6 Å². The van der Waals surface area contributed by atoms with Crippen molar-refractivity contribution in [1.82, 2.24) is 15.0 Å². The molecular weight excluding hydrogens is 430 g/mol. The summed E-state index contributed by atoms with van der Waals surface area (Å²) in [6.45, 7) is 0. The molecule has 1 aromatic rings. The lowest BCUT2D eigenvalue weighted by Crippen LogP contribution is -2.25. The van der Waals surface area contributed by atoms with Gasteiger partial charge in [0.1, 0.15) is 5.82 Å². The van der Waals surface area contributed by atoms with E-state index in [1.165, 1.54) is 154 Å². The van der Waals surface area contributed by atoms with Crippen LogP contribution >= 0.6 is 0 Å². The molecule has 5 nitrogen and oxygen atoms in total. The maximum Gasteiger partial charge on any atom is 0.227 e. The number of hydrogen-bond acceptors (Lipinski definition) is 5. The van der Waals surface area contributed by atoms with E-state index in [0.29, 0.717) is 18.0 Å². The average molecular weight is 484 g/mol. The van der Waals surface area contributed by atoms with Crippen molar-refractivity contribution in [2.45, 2.75) is 172 Å². The Morgan fingerprint density at radius 3 is 1.06 bits per heavy atom. The van der Waals surface area contributed by atoms with Crippen LogP contribution in [0.25, 0.3) is 0 Å². The summed E-state index contributed by atoms with van der Waals surface area (Å²) in [6.07, 6.45) is 32.0. The van der Waals surface area contributed by atoms with Gasteiger partial charge in [-0.25, -0.2) is 0 Å². The Bertz CT molecular complexity index is 634. The van der Waals surface area contributed by atoms with Gasteiger partial charge in [0.05, 0.1) is 0 Å². The molecule has 3 aliphatic carbocycles. The van der Waals surface area contributed by atoms with Gasteiger partial charge in [0.2, 0.25) is 11.9 Å². The first-order valence-corrected chi connectivity index (χ1v) is 15.7. The van der Waals surface area contributed by atoms with Crippen LogP contribution in [0.5, 0.6) is 0 Å². The van der Waals surface area contributed by atoms with Gasteiger partial charge in [-0.15, -0.1) is 0 Å². The summed E-state index contributed by atoms with van der Waals surface area (Å²) < 4.78 is 0. The summed E-state index contributed by atoms with van der Waals surface area (Å²) in [5.74, 6) is 3.21. The Kier molecular flexibility index (Phi) is 11.9. The van der Waals surface area contributed by atoms with Gasteiger partial charge in [-0.2, -0.15) is 15.0 Å². The van der Waals surface area contributed by atoms with Crippen LogP contribution in [0.15, 0.2) is 0 Å². The van der Waals surface area contributed by atoms with E-state index in [4.69, 9.17) is 15.0 Å². The first kappa shape index (κ1) is 26.7. The van der Waals surface area contributed by atoms with Crippen LogP contribution in [-0.4, -0.2) is 27.0 Å². The molecule has 0 unspecified atom stereocenters. The Balaban J connectivity index is 1.51. The highest BCUT2D eigenvalue weighted by Gasteiger charge is 2.21. The Hall–Kier alpha value is -1.39. The molecule has 3 aliphatic rings. The maximum atomic E-state index is 5.10. The number of anilines is 2. The SMILES string of the molecule is C1CCCCC(Nc2nc(NC3CCCCCCCC3)nc(C3CCCCCCCC3)n2)CCC1. The van der Waals surface area contributed by atoms with Crippen molar-refractivity contribution in [3.05, 3.63) is 5.82 Å². The summed E-state index contributed by atoms with van der Waals surface area (Å²) in [6, 6.07) is 1.00. The molecule has 2 N–H and O–H groups in total. The topological polar surface area (TPSA) is 62.7 Å². The van der Waals surface area contributed by atoms with E-state index in [0.717, 1.165) is 17.7 Å². The van der Waals surface area contributed by atoms with Gasteiger partial charge in [0.15, 0.2) is 0 Å². The Morgan fingerprint density at radius 2 is 0.686 bits per heavy atom. The lowest BCUT2D eigenvalue weighted by atomic mass is 9.96. The van der Waals surface area contributed by atoms with Crippen LogP contribution in [-0.2, 0) is 0 Å². The maximum absolute atomic E-state index is 5.10. The van der Waals surface area contributed by atoms with Crippen molar-refractivity contribution < 1.29 is 0 Å². The molecule has 3 fully saturated rings. The minimum Gasteiger partial charge on any atom is -0.351 e. The fourth-order valence-corrected chi connectivity index (χ4v) is 6.51. The smallest absolute Gasteiger partial charge is 0.227 e. The van der Waals surface area contributed by atoms with Gasteiger partial charge in [0.25, 0.3) is 0 Å². The summed E-state index contributed by atoms with van der Waals surface area (Å²) in [5, 5.41) is 7.61. The normalized spacial score (nSPS) is 23.8. The minimum absolute atomic E-state index is 0.485. The third kappa shape index (κ3) is 9.88. The van der Waals surface area contributed by atoms with Crippen molar-refractivity contribution in [2.24, 2.45) is 0 Å². The molecule has 1 aromatic heterocycles. The van der Waals surface area contributed by atoms with Gasteiger partial charge in [-0.05, 0) is 38.5 Å². The van der Waals surface area contributed by atoms with E-state index in [-0.39, 0.29) is 0 Å². The summed E-state index contributed by atoms with van der Waals surface area (Å²) in [5.41, 5.74) is 0. The van der Waals surface area contributed by atoms with Crippen molar-refractivity contribution >= 4 is 11.9 Å². The molecule has 1 heterocycles. The number of hydrogen-bond donors (Lipinski definition) is 2. The van der Waals surface area contributed by atoms with Crippen LogP contribution in [0.1, 0.15) is 166 Å². The highest BCUT2D eigenvalue weighted by atomic mass is 15.2. The molecule has 0 radical (unpaired) electrons. The van der Waals surface area contributed by atoms with Gasteiger partial charge >= 0.3 is 0 Å². The zero-order valence-corrected chi connectivity index (χ0v) is 22.5. The third-order valence-electron chi connectivity index (χ3n) is 8.75. The average Bonchev–Trinajstić information content (AvgIpc) is 3.15. The highest BCUT2D eigenvalue weighted by Crippen LogP contribution is 2.30.